The van der Waals surface area contributed by atoms with Crippen LogP contribution in [0.4, 0.5) is 0 Å². The van der Waals surface area contributed by atoms with Crippen LogP contribution in [0.15, 0.2) is 12.1 Å². The Kier molecular flexibility index (Phi) is 11.0. The van der Waals surface area contributed by atoms with Crippen molar-refractivity contribution in [2.45, 2.75) is 115 Å². The van der Waals surface area contributed by atoms with E-state index in [0.717, 1.165) is 39.3 Å². The van der Waals surface area contributed by atoms with E-state index in [1.165, 1.54) is 12.3 Å². The molecule has 0 aliphatic carbocycles. The fourth-order valence-electron chi connectivity index (χ4n) is 6.26. The third-order valence-corrected chi connectivity index (χ3v) is 19.3. The molecular weight excluding hydrogens is 534 g/mol. The molecular formula is C30H60N4P2Si2. The van der Waals surface area contributed by atoms with Gasteiger partial charge in [0, 0.05) is 50.8 Å². The molecule has 2 atom stereocenters. The third kappa shape index (κ3) is 8.68. The van der Waals surface area contributed by atoms with E-state index in [2.05, 4.69) is 114 Å². The van der Waals surface area contributed by atoms with E-state index in [9.17, 15) is 0 Å². The molecule has 4 nitrogen and oxygen atoms in total. The molecule has 4 N–H and O–H groups in total. The molecule has 2 fully saturated rings. The van der Waals surface area contributed by atoms with Gasteiger partial charge in [-0.2, -0.15) is 0 Å². The number of hydrogen-bond donors (Lipinski definition) is 4. The Balaban J connectivity index is 2.16. The zero-order chi connectivity index (χ0) is 28.5. The normalized spacial score (nSPS) is 23.1. The first-order valence-electron chi connectivity index (χ1n) is 15.0. The minimum atomic E-state index is -1.49. The van der Waals surface area contributed by atoms with Gasteiger partial charge in [-0.15, -0.1) is 0 Å². The van der Waals surface area contributed by atoms with Gasteiger partial charge in [0.15, 0.2) is 0 Å². The molecule has 0 aromatic heterocycles. The number of hydrogen-bond acceptors (Lipinski definition) is 4. The summed E-state index contributed by atoms with van der Waals surface area (Å²) in [4.78, 5) is 0. The lowest BCUT2D eigenvalue weighted by molar-refractivity contribution is 0.472. The maximum atomic E-state index is 3.94. The van der Waals surface area contributed by atoms with E-state index in [1.807, 2.05) is 0 Å². The summed E-state index contributed by atoms with van der Waals surface area (Å²) >= 11 is 0. The van der Waals surface area contributed by atoms with Crippen LogP contribution >= 0.6 is 15.8 Å². The summed E-state index contributed by atoms with van der Waals surface area (Å²) in [5.74, 6) is 1.14. The molecule has 8 heteroatoms. The van der Waals surface area contributed by atoms with Gasteiger partial charge in [0.25, 0.3) is 0 Å². The average molecular weight is 595 g/mol. The Labute approximate surface area is 240 Å². The Morgan fingerprint density at radius 1 is 0.658 bits per heavy atom. The molecule has 2 aliphatic heterocycles. The predicted molar refractivity (Wildman–Crippen MR) is 182 cm³/mol. The Morgan fingerprint density at radius 2 is 1.05 bits per heavy atom. The smallest absolute Gasteiger partial charge is 0.0774 e. The van der Waals surface area contributed by atoms with Crippen molar-refractivity contribution < 1.29 is 0 Å². The summed E-state index contributed by atoms with van der Waals surface area (Å²) in [5, 5.41) is 19.5. The maximum Gasteiger partial charge on any atom is 0.0774 e. The molecule has 1 aromatic rings. The molecule has 0 radical (unpaired) electrons. The van der Waals surface area contributed by atoms with Crippen LogP contribution in [0.3, 0.4) is 0 Å². The first-order chi connectivity index (χ1) is 17.4. The highest BCUT2D eigenvalue weighted by Gasteiger charge is 2.37. The predicted octanol–water partition coefficient (Wildman–Crippen LogP) is 5.38. The lowest BCUT2D eigenvalue weighted by atomic mass is 10.1. The zero-order valence-corrected chi connectivity index (χ0v) is 30.6. The molecule has 2 saturated heterocycles. The molecule has 0 spiro atoms. The molecule has 2 unspecified atom stereocenters. The van der Waals surface area contributed by atoms with E-state index >= 15 is 0 Å². The second-order valence-corrected chi connectivity index (χ2v) is 32.1. The number of rotatable bonds is 8. The Bertz CT molecular complexity index is 884. The van der Waals surface area contributed by atoms with Gasteiger partial charge < -0.3 is 21.3 Å². The molecule has 2 aliphatic rings. The van der Waals surface area contributed by atoms with Crippen LogP contribution in [-0.4, -0.2) is 77.3 Å². The first-order valence-corrected chi connectivity index (χ1v) is 25.2. The van der Waals surface area contributed by atoms with Gasteiger partial charge in [-0.05, 0) is 33.8 Å². The van der Waals surface area contributed by atoms with Crippen LogP contribution in [-0.2, 0) is 12.3 Å². The van der Waals surface area contributed by atoms with Crippen molar-refractivity contribution >= 4 is 42.4 Å². The highest BCUT2D eigenvalue weighted by atomic mass is 31.1. The quantitative estimate of drug-likeness (QED) is 0.241. The SMILES string of the molecule is CC(C)(C)P(Cc1cc([Si](C)(C)C)c([Si](C)(C)C)cc1CP(C1CNCCN1)C1CNCCN1)C(C)(C)C. The molecule has 0 amide bonds. The van der Waals surface area contributed by atoms with E-state index in [1.54, 1.807) is 21.5 Å². The van der Waals surface area contributed by atoms with E-state index in [0.29, 0.717) is 21.9 Å². The van der Waals surface area contributed by atoms with Gasteiger partial charge in [-0.1, -0.05) is 119 Å². The molecule has 38 heavy (non-hydrogen) atoms. The van der Waals surface area contributed by atoms with Crippen LogP contribution in [0.25, 0.3) is 0 Å². The van der Waals surface area contributed by atoms with Crippen LogP contribution in [0.5, 0.6) is 0 Å². The van der Waals surface area contributed by atoms with Crippen LogP contribution in [0.2, 0.25) is 39.3 Å². The largest absolute Gasteiger partial charge is 0.314 e. The first kappa shape index (κ1) is 32.9. The van der Waals surface area contributed by atoms with Crippen molar-refractivity contribution in [1.29, 1.82) is 0 Å². The van der Waals surface area contributed by atoms with Crippen LogP contribution in [0.1, 0.15) is 52.7 Å². The molecule has 3 rings (SSSR count). The van der Waals surface area contributed by atoms with Gasteiger partial charge in [0.05, 0.1) is 16.1 Å². The van der Waals surface area contributed by atoms with Crippen molar-refractivity contribution in [3.8, 4) is 0 Å². The third-order valence-electron chi connectivity index (χ3n) is 8.10. The zero-order valence-electron chi connectivity index (χ0n) is 26.9. The van der Waals surface area contributed by atoms with Crippen molar-refractivity contribution in [2.24, 2.45) is 0 Å². The van der Waals surface area contributed by atoms with Crippen molar-refractivity contribution in [3.63, 3.8) is 0 Å². The van der Waals surface area contributed by atoms with Crippen LogP contribution in [0, 0.1) is 0 Å². The minimum Gasteiger partial charge on any atom is -0.314 e. The number of benzene rings is 1. The van der Waals surface area contributed by atoms with Gasteiger partial charge in [-0.25, -0.2) is 0 Å². The van der Waals surface area contributed by atoms with E-state index < -0.39 is 16.1 Å². The lowest BCUT2D eigenvalue weighted by Gasteiger charge is -2.43. The summed E-state index contributed by atoms with van der Waals surface area (Å²) in [6.07, 6.45) is 2.47. The summed E-state index contributed by atoms with van der Waals surface area (Å²) in [6.45, 7) is 36.9. The minimum absolute atomic E-state index is 0.197. The van der Waals surface area contributed by atoms with Gasteiger partial charge in [-0.3, -0.25) is 0 Å². The maximum absolute atomic E-state index is 3.94. The van der Waals surface area contributed by atoms with Crippen molar-refractivity contribution in [2.75, 3.05) is 39.3 Å². The summed E-state index contributed by atoms with van der Waals surface area (Å²) in [5.41, 5.74) is 3.36. The number of piperazine rings is 2. The molecule has 2 heterocycles. The van der Waals surface area contributed by atoms with Gasteiger partial charge in [0.1, 0.15) is 0 Å². The average Bonchev–Trinajstić information content (AvgIpc) is 2.79. The lowest BCUT2D eigenvalue weighted by Crippen LogP contribution is -2.57. The van der Waals surface area contributed by atoms with Crippen LogP contribution < -0.4 is 31.6 Å². The van der Waals surface area contributed by atoms with Crippen molar-refractivity contribution in [1.82, 2.24) is 21.3 Å². The van der Waals surface area contributed by atoms with E-state index in [-0.39, 0.29) is 15.8 Å². The molecule has 1 aromatic carbocycles. The van der Waals surface area contributed by atoms with Gasteiger partial charge >= 0.3 is 0 Å². The fraction of sp³-hybridized carbons (Fsp3) is 0.800. The topological polar surface area (TPSA) is 48.1 Å². The Morgan fingerprint density at radius 3 is 1.37 bits per heavy atom. The summed E-state index contributed by atoms with van der Waals surface area (Å²) in [6, 6.07) is 5.52. The standard InChI is InChI=1S/C30H60N4P2Si2/c1-29(2,3)36(30(4,5)6)22-24-18-26(38(10,11)12)25(37(7,8)9)17-23(24)21-35(27-19-31-13-15-33-27)28-20-32-14-16-34-28/h17-18,27-28,31-34H,13-16,19-22H2,1-12H3. The molecule has 0 bridgehead atoms. The van der Waals surface area contributed by atoms with Gasteiger partial charge in [0.2, 0.25) is 0 Å². The monoisotopic (exact) mass is 594 g/mol. The summed E-state index contributed by atoms with van der Waals surface area (Å²) in [7, 11) is -3.45. The van der Waals surface area contributed by atoms with Crippen molar-refractivity contribution in [3.05, 3.63) is 23.3 Å². The Hall–Kier alpha value is 0.354. The second-order valence-electron chi connectivity index (χ2n) is 15.6. The number of nitrogens with one attached hydrogen (secondary N) is 4. The fourth-order valence-corrected chi connectivity index (χ4v) is 18.1. The molecule has 0 saturated carbocycles. The highest BCUT2D eigenvalue weighted by Crippen LogP contribution is 2.61. The second kappa shape index (κ2) is 12.7. The molecule has 218 valence electrons. The van der Waals surface area contributed by atoms with E-state index in [4.69, 9.17) is 0 Å². The highest BCUT2D eigenvalue weighted by molar-refractivity contribution is 7.60. The summed E-state index contributed by atoms with van der Waals surface area (Å²) < 4.78 is 0.